The Kier molecular flexibility index (Phi) is 5.42. The molecule has 0 aromatic carbocycles. The van der Waals surface area contributed by atoms with E-state index in [9.17, 15) is 26.4 Å². The van der Waals surface area contributed by atoms with Gasteiger partial charge in [-0.05, 0) is 17.5 Å². The highest BCUT2D eigenvalue weighted by molar-refractivity contribution is 7.91. The average molecular weight is 470 g/mol. The van der Waals surface area contributed by atoms with Gasteiger partial charge in [0.15, 0.2) is 15.7 Å². The first-order valence-electron chi connectivity index (χ1n) is 8.31. The molecule has 1 aliphatic rings. The minimum absolute atomic E-state index is 0.00559. The van der Waals surface area contributed by atoms with Gasteiger partial charge in [0.25, 0.3) is 5.91 Å². The number of pyridine rings is 1. The normalized spacial score (nSPS) is 17.6. The fraction of sp³-hybridized carbons (Fsp3) is 0.412. The minimum Gasteiger partial charge on any atom is -0.343 e. The molecule has 1 saturated carbocycles. The molecule has 2 aromatic heterocycles. The molecule has 12 heteroatoms. The Labute approximate surface area is 174 Å². The van der Waals surface area contributed by atoms with Gasteiger partial charge >= 0.3 is 0 Å². The standard InChI is InChI=1S/C17H16Cl2F3N3O3S/c1-16(6-17(21,22)7-16)8-29(27,28)10-5-25(2)14(13(10)20)15(26)23-9-3-11(18)24-12(19)4-9/h3-5H,6-8H2,1-2H3,(H,23,24,26). The second-order valence-electron chi connectivity index (χ2n) is 7.50. The van der Waals surface area contributed by atoms with Gasteiger partial charge in [0.05, 0.1) is 5.75 Å². The SMILES string of the molecule is Cn1cc(S(=O)(=O)CC2(C)CC(F)(F)C2)c(F)c1C(=O)Nc1cc(Cl)nc(Cl)c1. The van der Waals surface area contributed by atoms with Crippen molar-refractivity contribution in [3.8, 4) is 0 Å². The van der Waals surface area contributed by atoms with Gasteiger partial charge in [0.1, 0.15) is 20.9 Å². The molecule has 0 aliphatic heterocycles. The molecule has 1 amide bonds. The van der Waals surface area contributed by atoms with E-state index in [-0.39, 0.29) is 16.0 Å². The second-order valence-corrected chi connectivity index (χ2v) is 10.2. The number of carbonyl (C=O) groups excluding carboxylic acids is 1. The summed E-state index contributed by atoms with van der Waals surface area (Å²) in [5, 5.41) is 2.35. The van der Waals surface area contributed by atoms with Crippen LogP contribution in [0.2, 0.25) is 10.3 Å². The minimum atomic E-state index is -4.24. The third kappa shape index (κ3) is 4.54. The maximum atomic E-state index is 14.9. The van der Waals surface area contributed by atoms with Crippen molar-refractivity contribution in [2.75, 3.05) is 11.1 Å². The first-order chi connectivity index (χ1) is 13.2. The van der Waals surface area contributed by atoms with Crippen LogP contribution in [0.25, 0.3) is 0 Å². The number of anilines is 1. The summed E-state index contributed by atoms with van der Waals surface area (Å²) in [6.45, 7) is 1.41. The Hall–Kier alpha value is -1.78. The number of sulfone groups is 1. The van der Waals surface area contributed by atoms with E-state index in [1.165, 1.54) is 26.1 Å². The van der Waals surface area contributed by atoms with Crippen LogP contribution in [0.1, 0.15) is 30.3 Å². The molecule has 29 heavy (non-hydrogen) atoms. The number of aromatic nitrogens is 2. The van der Waals surface area contributed by atoms with Crippen LogP contribution in [-0.2, 0) is 16.9 Å². The quantitative estimate of drug-likeness (QED) is 0.660. The molecule has 6 nitrogen and oxygen atoms in total. The van der Waals surface area contributed by atoms with Crippen LogP contribution < -0.4 is 5.32 Å². The van der Waals surface area contributed by atoms with Crippen LogP contribution in [0.15, 0.2) is 23.2 Å². The summed E-state index contributed by atoms with van der Waals surface area (Å²) in [7, 11) is -2.95. The highest BCUT2D eigenvalue weighted by atomic mass is 35.5. The Balaban J connectivity index is 1.87. The number of hydrogen-bond acceptors (Lipinski definition) is 4. The topological polar surface area (TPSA) is 81.1 Å². The first kappa shape index (κ1) is 21.9. The van der Waals surface area contributed by atoms with Crippen LogP contribution in [0.5, 0.6) is 0 Å². The highest BCUT2D eigenvalue weighted by Crippen LogP contribution is 2.52. The third-order valence-corrected chi connectivity index (χ3v) is 6.99. The molecule has 2 aromatic rings. The van der Waals surface area contributed by atoms with Crippen molar-refractivity contribution >= 4 is 44.6 Å². The molecule has 0 saturated heterocycles. The maximum Gasteiger partial charge on any atom is 0.275 e. The first-order valence-corrected chi connectivity index (χ1v) is 10.7. The molecule has 158 valence electrons. The predicted molar refractivity (Wildman–Crippen MR) is 102 cm³/mol. The summed E-state index contributed by atoms with van der Waals surface area (Å²) >= 11 is 11.5. The zero-order chi connectivity index (χ0) is 21.8. The molecule has 1 aliphatic carbocycles. The summed E-state index contributed by atoms with van der Waals surface area (Å²) in [6, 6.07) is 2.56. The lowest BCUT2D eigenvalue weighted by atomic mass is 9.69. The fourth-order valence-electron chi connectivity index (χ4n) is 3.61. The van der Waals surface area contributed by atoms with Crippen molar-refractivity contribution < 1.29 is 26.4 Å². The van der Waals surface area contributed by atoms with E-state index in [4.69, 9.17) is 23.2 Å². The van der Waals surface area contributed by atoms with Gasteiger partial charge < -0.3 is 9.88 Å². The van der Waals surface area contributed by atoms with Crippen LogP contribution in [0, 0.1) is 11.2 Å². The van der Waals surface area contributed by atoms with Crippen molar-refractivity contribution in [1.82, 2.24) is 9.55 Å². The van der Waals surface area contributed by atoms with Crippen molar-refractivity contribution in [2.24, 2.45) is 12.5 Å². The van der Waals surface area contributed by atoms with E-state index < -0.39 is 62.1 Å². The lowest BCUT2D eigenvalue weighted by Crippen LogP contribution is -2.47. The maximum absolute atomic E-state index is 14.9. The molecule has 1 N–H and O–H groups in total. The number of amides is 1. The molecule has 0 unspecified atom stereocenters. The zero-order valence-electron chi connectivity index (χ0n) is 15.3. The smallest absolute Gasteiger partial charge is 0.275 e. The number of alkyl halides is 2. The lowest BCUT2D eigenvalue weighted by Gasteiger charge is -2.44. The van der Waals surface area contributed by atoms with E-state index in [2.05, 4.69) is 10.3 Å². The number of rotatable bonds is 5. The number of carbonyl (C=O) groups is 1. The van der Waals surface area contributed by atoms with Crippen LogP contribution >= 0.6 is 23.2 Å². The average Bonchev–Trinajstić information content (AvgIpc) is 2.78. The second kappa shape index (κ2) is 7.17. The molecule has 1 fully saturated rings. The van der Waals surface area contributed by atoms with Gasteiger partial charge in [-0.1, -0.05) is 30.1 Å². The van der Waals surface area contributed by atoms with Gasteiger partial charge in [0, 0.05) is 31.8 Å². The van der Waals surface area contributed by atoms with Gasteiger partial charge in [-0.2, -0.15) is 0 Å². The lowest BCUT2D eigenvalue weighted by molar-refractivity contribution is -0.144. The molecule has 0 bridgehead atoms. The summed E-state index contributed by atoms with van der Waals surface area (Å²) in [5.41, 5.74) is -1.57. The summed E-state index contributed by atoms with van der Waals surface area (Å²) in [4.78, 5) is 15.5. The van der Waals surface area contributed by atoms with Crippen LogP contribution in [0.4, 0.5) is 18.9 Å². The van der Waals surface area contributed by atoms with Crippen LogP contribution in [0.3, 0.4) is 0 Å². The molecule has 0 radical (unpaired) electrons. The molecular formula is C17H16Cl2F3N3O3S. The van der Waals surface area contributed by atoms with Gasteiger partial charge in [-0.25, -0.2) is 26.6 Å². The Morgan fingerprint density at radius 3 is 2.34 bits per heavy atom. The summed E-state index contributed by atoms with van der Waals surface area (Å²) in [6.07, 6.45) is -0.235. The van der Waals surface area contributed by atoms with Crippen LogP contribution in [-0.4, -0.2) is 35.6 Å². The monoisotopic (exact) mass is 469 g/mol. The molecule has 3 rings (SSSR count). The molecular weight excluding hydrogens is 454 g/mol. The van der Waals surface area contributed by atoms with Crippen molar-refractivity contribution in [3.63, 3.8) is 0 Å². The number of hydrogen-bond donors (Lipinski definition) is 1. The fourth-order valence-corrected chi connectivity index (χ4v) is 6.03. The zero-order valence-corrected chi connectivity index (χ0v) is 17.6. The predicted octanol–water partition coefficient (Wildman–Crippen LogP) is 4.33. The number of halogens is 5. The molecule has 0 spiro atoms. The third-order valence-electron chi connectivity index (χ3n) is 4.57. The summed E-state index contributed by atoms with van der Waals surface area (Å²) < 4.78 is 67.5. The van der Waals surface area contributed by atoms with Gasteiger partial charge in [-0.15, -0.1) is 0 Å². The van der Waals surface area contributed by atoms with E-state index >= 15 is 0 Å². The van der Waals surface area contributed by atoms with Crippen molar-refractivity contribution in [1.29, 1.82) is 0 Å². The molecule has 2 heterocycles. The number of nitrogens with zero attached hydrogens (tertiary/aromatic N) is 2. The summed E-state index contributed by atoms with van der Waals surface area (Å²) in [5.74, 6) is -5.76. The van der Waals surface area contributed by atoms with Gasteiger partial charge in [0.2, 0.25) is 5.92 Å². The number of nitrogens with one attached hydrogen (secondary N) is 1. The van der Waals surface area contributed by atoms with Crippen molar-refractivity contribution in [3.05, 3.63) is 40.1 Å². The highest BCUT2D eigenvalue weighted by Gasteiger charge is 2.55. The Morgan fingerprint density at radius 2 is 1.83 bits per heavy atom. The largest absolute Gasteiger partial charge is 0.343 e. The Morgan fingerprint density at radius 1 is 1.28 bits per heavy atom. The molecule has 0 atom stereocenters. The van der Waals surface area contributed by atoms with E-state index in [0.717, 1.165) is 10.8 Å². The van der Waals surface area contributed by atoms with Crippen molar-refractivity contribution in [2.45, 2.75) is 30.6 Å². The van der Waals surface area contributed by atoms with Gasteiger partial charge in [-0.3, -0.25) is 4.79 Å². The number of aryl methyl sites for hydroxylation is 1. The Bertz CT molecular complexity index is 1070. The van der Waals surface area contributed by atoms with E-state index in [1.807, 2.05) is 0 Å². The van der Waals surface area contributed by atoms with E-state index in [1.54, 1.807) is 0 Å². The van der Waals surface area contributed by atoms with E-state index in [0.29, 0.717) is 0 Å².